The molecule has 0 bridgehead atoms. The van der Waals surface area contributed by atoms with Gasteiger partial charge in [0.05, 0.1) is 44.6 Å². The van der Waals surface area contributed by atoms with Gasteiger partial charge in [-0.15, -0.1) is 0 Å². The van der Waals surface area contributed by atoms with E-state index in [1.165, 1.54) is 54.7 Å². The second kappa shape index (κ2) is 20.5. The Morgan fingerprint density at radius 3 is 0.964 bits per heavy atom. The summed E-state index contributed by atoms with van der Waals surface area (Å²) in [5, 5.41) is 6.01. The highest BCUT2D eigenvalue weighted by Gasteiger charge is 2.26. The van der Waals surface area contributed by atoms with Gasteiger partial charge in [-0.25, -0.2) is 0 Å². The van der Waals surface area contributed by atoms with Crippen LogP contribution in [0.3, 0.4) is 0 Å². The van der Waals surface area contributed by atoms with Gasteiger partial charge in [-0.05, 0) is 182 Å². The van der Waals surface area contributed by atoms with Crippen molar-refractivity contribution in [2.45, 2.75) is 12.8 Å². The first kappa shape index (κ1) is 48.8. The molecule has 0 spiro atoms. The molecule has 6 nitrogen and oxygen atoms in total. The molecule has 84 heavy (non-hydrogen) atoms. The first-order valence-corrected chi connectivity index (χ1v) is 29.0. The summed E-state index contributed by atoms with van der Waals surface area (Å²) < 4.78 is 7.22. The van der Waals surface area contributed by atoms with Crippen molar-refractivity contribution < 1.29 is 0 Å². The van der Waals surface area contributed by atoms with Crippen molar-refractivity contribution in [3.05, 3.63) is 321 Å². The second-order valence-corrected chi connectivity index (χ2v) is 21.7. The SMILES string of the molecule is C1=Cc2c(c3cc(N(c4ccccc4)c4cc(N(c5ccccc5)c5ccc6c(c5)c5ccccc5n6-c5ccccc5)cc(N(c5ccccc5)c5ccc6c(c5)c5ccccc5n6-c5ccccc5)c4)ccc3n2-c2ccccc2)CC1. The van der Waals surface area contributed by atoms with Gasteiger partial charge in [0.15, 0.2) is 0 Å². The average molecular weight is 1080 g/mol. The quantitative estimate of drug-likeness (QED) is 0.122. The van der Waals surface area contributed by atoms with Gasteiger partial charge in [0.2, 0.25) is 0 Å². The lowest BCUT2D eigenvalue weighted by Crippen LogP contribution is -2.16. The summed E-state index contributed by atoms with van der Waals surface area (Å²) >= 11 is 0. The van der Waals surface area contributed by atoms with Gasteiger partial charge in [0.25, 0.3) is 0 Å². The van der Waals surface area contributed by atoms with Crippen LogP contribution in [0.5, 0.6) is 0 Å². The van der Waals surface area contributed by atoms with E-state index >= 15 is 0 Å². The van der Waals surface area contributed by atoms with E-state index < -0.39 is 0 Å². The van der Waals surface area contributed by atoms with Crippen molar-refractivity contribution in [1.82, 2.24) is 13.7 Å². The van der Waals surface area contributed by atoms with Crippen LogP contribution in [-0.2, 0) is 6.42 Å². The third kappa shape index (κ3) is 8.26. The molecule has 0 amide bonds. The highest BCUT2D eigenvalue weighted by atomic mass is 15.2. The lowest BCUT2D eigenvalue weighted by atomic mass is 10.0. The number of nitrogens with zero attached hydrogens (tertiary/aromatic N) is 6. The molecule has 0 N–H and O–H groups in total. The van der Waals surface area contributed by atoms with Crippen LogP contribution in [0, 0.1) is 0 Å². The largest absolute Gasteiger partial charge is 0.310 e. The van der Waals surface area contributed by atoms with Crippen molar-refractivity contribution in [3.63, 3.8) is 0 Å². The molecule has 16 rings (SSSR count). The molecule has 0 atom stereocenters. The topological polar surface area (TPSA) is 24.5 Å². The maximum absolute atomic E-state index is 2.46. The number of benzene rings is 12. The molecule has 1 aliphatic rings. The van der Waals surface area contributed by atoms with Crippen LogP contribution in [0.1, 0.15) is 17.7 Å². The summed E-state index contributed by atoms with van der Waals surface area (Å²) in [5.74, 6) is 0. The molecular weight excluding hydrogens is 1020 g/mol. The van der Waals surface area contributed by atoms with Gasteiger partial charge in [0, 0.05) is 83.8 Å². The van der Waals surface area contributed by atoms with Crippen molar-refractivity contribution in [3.8, 4) is 17.1 Å². The van der Waals surface area contributed by atoms with E-state index in [-0.39, 0.29) is 0 Å². The monoisotopic (exact) mass is 1080 g/mol. The number of allylic oxidation sites excluding steroid dienone is 1. The van der Waals surface area contributed by atoms with Crippen LogP contribution in [-0.4, -0.2) is 13.7 Å². The fraction of sp³-hybridized carbons (Fsp3) is 0.0256. The van der Waals surface area contributed by atoms with E-state index in [1.54, 1.807) is 0 Å². The van der Waals surface area contributed by atoms with E-state index in [1.807, 2.05) is 0 Å². The van der Waals surface area contributed by atoms with Crippen LogP contribution in [0.4, 0.5) is 51.2 Å². The fourth-order valence-corrected chi connectivity index (χ4v) is 13.2. The standard InChI is InChI=1S/C78H56N6/c1-7-25-55(26-8-1)79(61-43-46-76-70(52-61)67-37-19-22-40-73(67)82(76)58-31-13-4-14-32-58)64-49-65(80(56-27-9-2-10-28-56)62-44-47-77-71(53-62)68-38-20-23-41-74(68)83(77)59-33-15-5-16-34-59)51-66(50-64)81(57-29-11-3-12-30-57)63-45-48-78-72(54-63)69-39-21-24-42-75(69)84(78)60-35-17-6-18-36-60/h1-20,22-38,40-54H,21,39H2. The fourth-order valence-electron chi connectivity index (χ4n) is 13.2. The Hall–Kier alpha value is -11.1. The number of hydrogen-bond donors (Lipinski definition) is 0. The molecule has 3 aromatic heterocycles. The highest BCUT2D eigenvalue weighted by molar-refractivity contribution is 6.12. The van der Waals surface area contributed by atoms with Gasteiger partial charge in [-0.1, -0.05) is 152 Å². The van der Waals surface area contributed by atoms with E-state index in [0.717, 1.165) is 92.1 Å². The predicted molar refractivity (Wildman–Crippen MR) is 353 cm³/mol. The zero-order valence-corrected chi connectivity index (χ0v) is 46.1. The first-order valence-electron chi connectivity index (χ1n) is 29.0. The molecule has 0 saturated carbocycles. The summed E-state index contributed by atoms with van der Waals surface area (Å²) in [6.45, 7) is 0. The van der Waals surface area contributed by atoms with Crippen LogP contribution in [0.2, 0.25) is 0 Å². The number of aromatic nitrogens is 3. The maximum atomic E-state index is 2.46. The normalized spacial score (nSPS) is 12.1. The zero-order valence-electron chi connectivity index (χ0n) is 46.1. The summed E-state index contributed by atoms with van der Waals surface area (Å²) in [4.78, 5) is 7.34. The Morgan fingerprint density at radius 2 is 0.560 bits per heavy atom. The maximum Gasteiger partial charge on any atom is 0.0542 e. The molecule has 398 valence electrons. The zero-order chi connectivity index (χ0) is 55.5. The highest BCUT2D eigenvalue weighted by Crippen LogP contribution is 2.49. The molecule has 0 fully saturated rings. The predicted octanol–water partition coefficient (Wildman–Crippen LogP) is 21.2. The van der Waals surface area contributed by atoms with Gasteiger partial charge in [-0.2, -0.15) is 0 Å². The van der Waals surface area contributed by atoms with Crippen molar-refractivity contribution in [2.75, 3.05) is 14.7 Å². The minimum atomic E-state index is 0.970. The molecule has 0 unspecified atom stereocenters. The minimum Gasteiger partial charge on any atom is -0.310 e. The third-order valence-corrected chi connectivity index (χ3v) is 16.8. The van der Waals surface area contributed by atoms with E-state index in [0.29, 0.717) is 0 Å². The van der Waals surface area contributed by atoms with Crippen molar-refractivity contribution in [1.29, 1.82) is 0 Å². The Labute approximate surface area is 488 Å². The molecule has 0 saturated heterocycles. The van der Waals surface area contributed by atoms with Crippen LogP contribution < -0.4 is 14.7 Å². The lowest BCUT2D eigenvalue weighted by Gasteiger charge is -2.33. The van der Waals surface area contributed by atoms with Crippen LogP contribution >= 0.6 is 0 Å². The molecule has 0 aliphatic heterocycles. The first-order chi connectivity index (χ1) is 41.7. The smallest absolute Gasteiger partial charge is 0.0542 e. The van der Waals surface area contributed by atoms with Crippen molar-refractivity contribution >= 4 is 112 Å². The van der Waals surface area contributed by atoms with Gasteiger partial charge < -0.3 is 28.4 Å². The van der Waals surface area contributed by atoms with E-state index in [9.17, 15) is 0 Å². The molecule has 1 aliphatic carbocycles. The Kier molecular flexibility index (Phi) is 11.9. The van der Waals surface area contributed by atoms with E-state index in [4.69, 9.17) is 0 Å². The number of para-hydroxylation sites is 8. The summed E-state index contributed by atoms with van der Waals surface area (Å²) in [6, 6.07) is 111. The van der Waals surface area contributed by atoms with Crippen LogP contribution in [0.15, 0.2) is 309 Å². The Bertz CT molecular complexity index is 4730. The second-order valence-electron chi connectivity index (χ2n) is 21.7. The number of aryl methyl sites for hydroxylation is 1. The lowest BCUT2D eigenvalue weighted by molar-refractivity contribution is 0.967. The van der Waals surface area contributed by atoms with Gasteiger partial charge in [0.1, 0.15) is 0 Å². The number of hydrogen-bond acceptors (Lipinski definition) is 3. The number of rotatable bonds is 12. The molecule has 0 radical (unpaired) electrons. The summed E-state index contributed by atoms with van der Waals surface area (Å²) in [6.07, 6.45) is 6.61. The average Bonchev–Trinajstić information content (AvgIpc) is 3.59. The number of anilines is 9. The minimum absolute atomic E-state index is 0.970. The molecular formula is C78H56N6. The Balaban J connectivity index is 0.968. The third-order valence-electron chi connectivity index (χ3n) is 16.8. The van der Waals surface area contributed by atoms with Gasteiger partial charge in [-0.3, -0.25) is 0 Å². The summed E-state index contributed by atoms with van der Waals surface area (Å²) in [7, 11) is 0. The van der Waals surface area contributed by atoms with Crippen molar-refractivity contribution in [2.24, 2.45) is 0 Å². The van der Waals surface area contributed by atoms with E-state index in [2.05, 4.69) is 344 Å². The molecule has 6 heteroatoms. The summed E-state index contributed by atoms with van der Waals surface area (Å²) in [5.41, 5.74) is 21.2. The van der Waals surface area contributed by atoms with Gasteiger partial charge >= 0.3 is 0 Å². The van der Waals surface area contributed by atoms with Crippen LogP contribution in [0.25, 0.3) is 77.7 Å². The number of fused-ring (bicyclic) bond motifs is 9. The molecule has 3 heterocycles. The Morgan fingerprint density at radius 1 is 0.238 bits per heavy atom. The molecule has 12 aromatic carbocycles. The molecule has 15 aromatic rings.